The van der Waals surface area contributed by atoms with Crippen molar-refractivity contribution in [3.05, 3.63) is 0 Å². The van der Waals surface area contributed by atoms with Crippen LogP contribution in [0.5, 0.6) is 0 Å². The van der Waals surface area contributed by atoms with Gasteiger partial charge in [-0.05, 0) is 30.5 Å². The lowest BCUT2D eigenvalue weighted by Gasteiger charge is -2.36. The first-order valence-corrected chi connectivity index (χ1v) is 5.34. The quantitative estimate of drug-likeness (QED) is 0.680. The summed E-state index contributed by atoms with van der Waals surface area (Å²) in [6.45, 7) is 2.09. The van der Waals surface area contributed by atoms with Gasteiger partial charge in [-0.15, -0.1) is 0 Å². The molecule has 1 atom stereocenters. The molecule has 1 unspecified atom stereocenters. The number of carbonyl (C=O) groups excluding carboxylic acids is 1. The van der Waals surface area contributed by atoms with Crippen LogP contribution in [0, 0.1) is 16.7 Å². The number of hydrogen-bond donors (Lipinski definition) is 0. The van der Waals surface area contributed by atoms with Crippen molar-refractivity contribution in [3.63, 3.8) is 0 Å². The normalized spacial score (nSPS) is 18.1. The molecule has 1 aliphatic carbocycles. The summed E-state index contributed by atoms with van der Waals surface area (Å²) in [5.74, 6) is 3.07. The van der Waals surface area contributed by atoms with Gasteiger partial charge in [-0.2, -0.15) is 0 Å². The maximum absolute atomic E-state index is 11.4. The molecular weight excluding hydrogens is 230 g/mol. The zero-order valence-electron chi connectivity index (χ0n) is 8.01. The van der Waals surface area contributed by atoms with Gasteiger partial charge in [0.15, 0.2) is 0 Å². The smallest absolute Gasteiger partial charge is 0.299 e. The van der Waals surface area contributed by atoms with E-state index in [1.807, 2.05) is 7.05 Å². The molecule has 0 N–H and O–H groups in total. The number of carbonyl (C=O) groups is 1. The molecule has 0 aromatic rings. The Morgan fingerprint density at radius 1 is 1.62 bits per heavy atom. The molecule has 0 saturated heterocycles. The molecule has 72 valence electrons. The molecule has 0 bridgehead atoms. The highest BCUT2D eigenvalue weighted by Crippen LogP contribution is 2.31. The van der Waals surface area contributed by atoms with Crippen molar-refractivity contribution < 1.29 is 4.79 Å². The lowest BCUT2D eigenvalue weighted by atomic mass is 9.80. The molecule has 0 radical (unpaired) electrons. The van der Waals surface area contributed by atoms with Crippen LogP contribution in [-0.4, -0.2) is 23.9 Å². The third kappa shape index (κ3) is 2.47. The molecular formula is C10H14BrNO. The summed E-state index contributed by atoms with van der Waals surface area (Å²) in [5, 5.41) is 0. The van der Waals surface area contributed by atoms with Crippen LogP contribution in [-0.2, 0) is 4.79 Å². The van der Waals surface area contributed by atoms with Gasteiger partial charge in [0.25, 0.3) is 5.91 Å². The van der Waals surface area contributed by atoms with E-state index in [4.69, 9.17) is 0 Å². The first-order chi connectivity index (χ1) is 6.16. The lowest BCUT2D eigenvalue weighted by molar-refractivity contribution is -0.127. The topological polar surface area (TPSA) is 20.3 Å². The maximum Gasteiger partial charge on any atom is 0.299 e. The molecule has 0 aromatic heterocycles. The van der Waals surface area contributed by atoms with Crippen molar-refractivity contribution in [3.8, 4) is 10.8 Å². The minimum atomic E-state index is -0.101. The Bertz CT molecular complexity index is 249. The van der Waals surface area contributed by atoms with Crippen molar-refractivity contribution in [2.75, 3.05) is 7.05 Å². The number of nitrogens with zero attached hydrogens (tertiary/aromatic N) is 1. The number of halogens is 1. The Labute approximate surface area is 87.8 Å². The summed E-state index contributed by atoms with van der Waals surface area (Å²) in [5.41, 5.74) is 0. The zero-order chi connectivity index (χ0) is 9.84. The summed E-state index contributed by atoms with van der Waals surface area (Å²) >= 11 is 2.93. The first-order valence-electron chi connectivity index (χ1n) is 4.55. The number of hydrogen-bond acceptors (Lipinski definition) is 1. The fraction of sp³-hybridized carbons (Fsp3) is 0.700. The highest BCUT2D eigenvalue weighted by atomic mass is 79.9. The van der Waals surface area contributed by atoms with E-state index in [-0.39, 0.29) is 5.91 Å². The van der Waals surface area contributed by atoms with E-state index in [1.54, 1.807) is 4.90 Å². The minimum absolute atomic E-state index is 0.101. The fourth-order valence-corrected chi connectivity index (χ4v) is 1.72. The standard InChI is InChI=1S/C10H14BrNO/c1-8(9-4-3-5-9)12(2)10(13)6-7-11/h8-9H,3-5H2,1-2H3. The third-order valence-electron chi connectivity index (χ3n) is 2.92. The Kier molecular flexibility index (Phi) is 3.80. The van der Waals surface area contributed by atoms with Crippen molar-refractivity contribution in [1.29, 1.82) is 0 Å². The van der Waals surface area contributed by atoms with Gasteiger partial charge in [-0.3, -0.25) is 4.79 Å². The molecule has 1 aliphatic rings. The van der Waals surface area contributed by atoms with E-state index < -0.39 is 0 Å². The highest BCUT2D eigenvalue weighted by molar-refractivity contribution is 9.12. The van der Waals surface area contributed by atoms with Crippen LogP contribution in [0.2, 0.25) is 0 Å². The Hall–Kier alpha value is -0.490. The van der Waals surface area contributed by atoms with Crippen molar-refractivity contribution in [1.82, 2.24) is 4.90 Å². The van der Waals surface area contributed by atoms with Crippen molar-refractivity contribution in [2.45, 2.75) is 32.2 Å². The van der Waals surface area contributed by atoms with Crippen molar-refractivity contribution >= 4 is 21.8 Å². The summed E-state index contributed by atoms with van der Waals surface area (Å²) in [7, 11) is 1.82. The second-order valence-electron chi connectivity index (χ2n) is 3.57. The van der Waals surface area contributed by atoms with Crippen LogP contribution < -0.4 is 0 Å². The molecule has 0 heterocycles. The molecule has 1 rings (SSSR count). The van der Waals surface area contributed by atoms with Crippen LogP contribution in [0.25, 0.3) is 0 Å². The molecule has 3 heteroatoms. The van der Waals surface area contributed by atoms with Gasteiger partial charge in [-0.25, -0.2) is 0 Å². The van der Waals surface area contributed by atoms with Gasteiger partial charge < -0.3 is 4.90 Å². The second-order valence-corrected chi connectivity index (χ2v) is 3.96. The monoisotopic (exact) mass is 243 g/mol. The Morgan fingerprint density at radius 2 is 2.23 bits per heavy atom. The Morgan fingerprint density at radius 3 is 2.62 bits per heavy atom. The molecule has 0 spiro atoms. The van der Waals surface area contributed by atoms with E-state index in [1.165, 1.54) is 19.3 Å². The minimum Gasteiger partial charge on any atom is -0.332 e. The molecule has 1 amide bonds. The van der Waals surface area contributed by atoms with Crippen LogP contribution in [0.1, 0.15) is 26.2 Å². The molecule has 2 nitrogen and oxygen atoms in total. The van der Waals surface area contributed by atoms with E-state index in [0.29, 0.717) is 12.0 Å². The average Bonchev–Trinajstić information content (AvgIpc) is 2.00. The van der Waals surface area contributed by atoms with E-state index in [2.05, 4.69) is 33.6 Å². The second kappa shape index (κ2) is 4.66. The summed E-state index contributed by atoms with van der Waals surface area (Å²) in [6.07, 6.45) is 3.81. The van der Waals surface area contributed by atoms with E-state index in [0.717, 1.165) is 0 Å². The number of amides is 1. The SMILES string of the molecule is CC(C1CCC1)N(C)C(=O)C#CBr. The van der Waals surface area contributed by atoms with Crippen LogP contribution >= 0.6 is 15.9 Å². The average molecular weight is 244 g/mol. The molecule has 0 aliphatic heterocycles. The molecule has 13 heavy (non-hydrogen) atoms. The van der Waals surface area contributed by atoms with Crippen molar-refractivity contribution in [2.24, 2.45) is 5.92 Å². The number of rotatable bonds is 2. The van der Waals surface area contributed by atoms with Crippen LogP contribution in [0.15, 0.2) is 0 Å². The molecule has 1 fully saturated rings. The summed E-state index contributed by atoms with van der Waals surface area (Å²) < 4.78 is 0. The maximum atomic E-state index is 11.4. The van der Waals surface area contributed by atoms with Gasteiger partial charge in [0, 0.05) is 34.9 Å². The fourth-order valence-electron chi connectivity index (χ4n) is 1.55. The van der Waals surface area contributed by atoms with E-state index in [9.17, 15) is 4.79 Å². The van der Waals surface area contributed by atoms with Gasteiger partial charge in [0.05, 0.1) is 0 Å². The lowest BCUT2D eigenvalue weighted by Crippen LogP contribution is -2.41. The molecule has 1 saturated carbocycles. The predicted molar refractivity (Wildman–Crippen MR) is 56.3 cm³/mol. The summed E-state index contributed by atoms with van der Waals surface area (Å²) in [6, 6.07) is 0.328. The van der Waals surface area contributed by atoms with E-state index >= 15 is 0 Å². The Balaban J connectivity index is 2.48. The largest absolute Gasteiger partial charge is 0.332 e. The third-order valence-corrected chi connectivity index (χ3v) is 3.12. The van der Waals surface area contributed by atoms with Gasteiger partial charge in [0.1, 0.15) is 0 Å². The van der Waals surface area contributed by atoms with Crippen LogP contribution in [0.4, 0.5) is 0 Å². The van der Waals surface area contributed by atoms with Gasteiger partial charge in [-0.1, -0.05) is 6.42 Å². The highest BCUT2D eigenvalue weighted by Gasteiger charge is 2.28. The molecule has 0 aromatic carbocycles. The van der Waals surface area contributed by atoms with Crippen LogP contribution in [0.3, 0.4) is 0 Å². The first kappa shape index (κ1) is 10.6. The van der Waals surface area contributed by atoms with Gasteiger partial charge in [0.2, 0.25) is 0 Å². The van der Waals surface area contributed by atoms with Gasteiger partial charge >= 0.3 is 0 Å². The zero-order valence-corrected chi connectivity index (χ0v) is 9.60. The summed E-state index contributed by atoms with van der Waals surface area (Å²) in [4.78, 5) is 15.5. The predicted octanol–water partition coefficient (Wildman–Crippen LogP) is 1.99.